The van der Waals surface area contributed by atoms with Crippen LogP contribution in [0.5, 0.6) is 5.88 Å². The number of hydrogen-bond acceptors (Lipinski definition) is 8. The van der Waals surface area contributed by atoms with Crippen LogP contribution in [0.25, 0.3) is 34.2 Å². The van der Waals surface area contributed by atoms with Crippen LogP contribution in [0, 0.1) is 0 Å². The molecule has 0 atom stereocenters. The van der Waals surface area contributed by atoms with Gasteiger partial charge in [0.25, 0.3) is 5.89 Å². The largest absolute Gasteiger partial charge is 0.471 e. The van der Waals surface area contributed by atoms with Gasteiger partial charge in [0.05, 0.1) is 23.0 Å². The number of nitrogens with zero attached hydrogens (tertiary/aromatic N) is 8. The van der Waals surface area contributed by atoms with Crippen molar-refractivity contribution in [1.82, 2.24) is 39.7 Å². The van der Waals surface area contributed by atoms with Crippen molar-refractivity contribution in [3.8, 4) is 40.1 Å². The van der Waals surface area contributed by atoms with Crippen LogP contribution in [-0.2, 0) is 25.4 Å². The molecule has 0 saturated carbocycles. The van der Waals surface area contributed by atoms with E-state index in [1.54, 1.807) is 24.3 Å². The molecule has 0 spiro atoms. The molecule has 0 fully saturated rings. The molecule has 0 unspecified atom stereocenters. The molecule has 0 radical (unpaired) electrons. The summed E-state index contributed by atoms with van der Waals surface area (Å²) in [6, 6.07) is 40.3. The highest BCUT2D eigenvalue weighted by Crippen LogP contribution is 2.40. The summed E-state index contributed by atoms with van der Waals surface area (Å²) in [6.07, 6.45) is -0.452. The number of benzene rings is 4. The van der Waals surface area contributed by atoms with Gasteiger partial charge in [0.15, 0.2) is 5.82 Å². The Labute approximate surface area is 301 Å². The zero-order valence-corrected chi connectivity index (χ0v) is 28.1. The van der Waals surface area contributed by atoms with Crippen LogP contribution in [0.2, 0.25) is 0 Å². The minimum atomic E-state index is -4.49. The summed E-state index contributed by atoms with van der Waals surface area (Å²) in [6.45, 7) is -0.0534. The molecule has 262 valence electrons. The maximum Gasteiger partial charge on any atom is 0.417 e. The third kappa shape index (κ3) is 6.33. The van der Waals surface area contributed by atoms with E-state index in [1.165, 1.54) is 6.07 Å². The van der Waals surface area contributed by atoms with Crippen molar-refractivity contribution < 1.29 is 22.4 Å². The second-order valence-electron chi connectivity index (χ2n) is 12.1. The standard InChI is InChI=1S/C40H29F3N8O2/c1-50-34(25-52-35-21-20-32(23-44-35)40(41,42)43)33(24-46-50)38-47-37(49-53-38)28-13-11-12-27(22-28)36-45-26-51(48-36)39(29-14-5-2-6-15-29,30-16-7-3-8-17-30)31-18-9-4-10-19-31/h2-24,26H,25H2,1H3. The Bertz CT molecular complexity index is 2360. The van der Waals surface area contributed by atoms with Gasteiger partial charge in [-0.15, -0.1) is 5.10 Å². The van der Waals surface area contributed by atoms with E-state index in [1.807, 2.05) is 83.5 Å². The van der Waals surface area contributed by atoms with E-state index in [4.69, 9.17) is 19.3 Å². The number of pyridine rings is 1. The molecule has 0 aliphatic heterocycles. The molecule has 0 saturated heterocycles. The topological polar surface area (TPSA) is 110 Å². The van der Waals surface area contributed by atoms with Crippen LogP contribution >= 0.6 is 0 Å². The fraction of sp³-hybridized carbons (Fsp3) is 0.100. The maximum atomic E-state index is 13.0. The van der Waals surface area contributed by atoms with E-state index in [9.17, 15) is 13.2 Å². The third-order valence-electron chi connectivity index (χ3n) is 8.93. The molecule has 8 aromatic rings. The molecule has 4 aromatic heterocycles. The molecule has 0 amide bonds. The quantitative estimate of drug-likeness (QED) is 0.131. The van der Waals surface area contributed by atoms with Crippen molar-refractivity contribution in [2.45, 2.75) is 18.3 Å². The summed E-state index contributed by atoms with van der Waals surface area (Å²) in [5.41, 5.74) is 3.88. The number of aryl methyl sites for hydroxylation is 1. The molecule has 10 nitrogen and oxygen atoms in total. The number of ether oxygens (including phenoxy) is 1. The van der Waals surface area contributed by atoms with Gasteiger partial charge in [-0.3, -0.25) is 4.68 Å². The minimum absolute atomic E-state index is 0.0257. The molecule has 4 heterocycles. The predicted molar refractivity (Wildman–Crippen MR) is 189 cm³/mol. The first-order valence-electron chi connectivity index (χ1n) is 16.5. The zero-order valence-electron chi connectivity index (χ0n) is 28.1. The molecular weight excluding hydrogens is 681 g/mol. The lowest BCUT2D eigenvalue weighted by Gasteiger charge is -2.35. The van der Waals surface area contributed by atoms with Crippen LogP contribution in [0.3, 0.4) is 0 Å². The van der Waals surface area contributed by atoms with Crippen molar-refractivity contribution in [1.29, 1.82) is 0 Å². The third-order valence-corrected chi connectivity index (χ3v) is 8.93. The molecule has 0 aliphatic rings. The summed E-state index contributed by atoms with van der Waals surface area (Å²) in [5, 5.41) is 13.6. The Kier molecular flexibility index (Phi) is 8.58. The summed E-state index contributed by atoms with van der Waals surface area (Å²) in [5.74, 6) is 1.05. The molecule has 0 aliphatic carbocycles. The Morgan fingerprint density at radius 2 is 1.30 bits per heavy atom. The Morgan fingerprint density at radius 3 is 1.89 bits per heavy atom. The lowest BCUT2D eigenvalue weighted by molar-refractivity contribution is -0.137. The first-order chi connectivity index (χ1) is 25.8. The van der Waals surface area contributed by atoms with Crippen molar-refractivity contribution >= 4 is 0 Å². The lowest BCUT2D eigenvalue weighted by atomic mass is 9.77. The number of hydrogen-bond donors (Lipinski definition) is 0. The summed E-state index contributed by atoms with van der Waals surface area (Å²) >= 11 is 0. The van der Waals surface area contributed by atoms with Crippen LogP contribution in [0.15, 0.2) is 151 Å². The first-order valence-corrected chi connectivity index (χ1v) is 16.5. The fourth-order valence-electron chi connectivity index (χ4n) is 6.33. The average molecular weight is 711 g/mol. The number of halogens is 3. The van der Waals surface area contributed by atoms with Crippen molar-refractivity contribution in [2.75, 3.05) is 0 Å². The van der Waals surface area contributed by atoms with E-state index >= 15 is 0 Å². The molecule has 8 rings (SSSR count). The normalized spacial score (nSPS) is 11.8. The monoisotopic (exact) mass is 710 g/mol. The lowest BCUT2D eigenvalue weighted by Crippen LogP contribution is -2.38. The van der Waals surface area contributed by atoms with Crippen molar-refractivity contribution in [3.05, 3.63) is 174 Å². The zero-order chi connectivity index (χ0) is 36.4. The van der Waals surface area contributed by atoms with Crippen LogP contribution in [-0.4, -0.2) is 39.7 Å². The van der Waals surface area contributed by atoms with E-state index in [2.05, 4.69) is 56.6 Å². The highest BCUT2D eigenvalue weighted by Gasteiger charge is 2.39. The fourth-order valence-corrected chi connectivity index (χ4v) is 6.33. The summed E-state index contributed by atoms with van der Waals surface area (Å²) in [7, 11) is 1.71. The highest BCUT2D eigenvalue weighted by atomic mass is 19.4. The Hall–Kier alpha value is -6.89. The van der Waals surface area contributed by atoms with Gasteiger partial charge in [0.1, 0.15) is 18.5 Å². The Morgan fingerprint density at radius 1 is 0.679 bits per heavy atom. The summed E-state index contributed by atoms with van der Waals surface area (Å²) < 4.78 is 53.7. The minimum Gasteiger partial charge on any atom is -0.471 e. The van der Waals surface area contributed by atoms with Crippen LogP contribution in [0.1, 0.15) is 27.9 Å². The van der Waals surface area contributed by atoms with Gasteiger partial charge in [-0.25, -0.2) is 14.6 Å². The van der Waals surface area contributed by atoms with Gasteiger partial charge in [-0.2, -0.15) is 23.3 Å². The highest BCUT2D eigenvalue weighted by molar-refractivity contribution is 5.67. The molecule has 0 bridgehead atoms. The van der Waals surface area contributed by atoms with Crippen LogP contribution in [0.4, 0.5) is 13.2 Å². The van der Waals surface area contributed by atoms with E-state index in [-0.39, 0.29) is 18.4 Å². The second-order valence-corrected chi connectivity index (χ2v) is 12.1. The molecule has 53 heavy (non-hydrogen) atoms. The van der Waals surface area contributed by atoms with E-state index < -0.39 is 17.3 Å². The van der Waals surface area contributed by atoms with Gasteiger partial charge in [0, 0.05) is 30.4 Å². The molecule has 13 heteroatoms. The van der Waals surface area contributed by atoms with Gasteiger partial charge >= 0.3 is 6.18 Å². The predicted octanol–water partition coefficient (Wildman–Crippen LogP) is 8.23. The Balaban J connectivity index is 1.10. The van der Waals surface area contributed by atoms with Crippen molar-refractivity contribution in [3.63, 3.8) is 0 Å². The van der Waals surface area contributed by atoms with Gasteiger partial charge in [0.2, 0.25) is 11.7 Å². The number of rotatable bonds is 10. The number of aromatic nitrogens is 8. The van der Waals surface area contributed by atoms with Crippen molar-refractivity contribution in [2.24, 2.45) is 7.05 Å². The molecule has 0 N–H and O–H groups in total. The van der Waals surface area contributed by atoms with E-state index in [0.29, 0.717) is 28.5 Å². The second kappa shape index (κ2) is 13.7. The maximum absolute atomic E-state index is 13.0. The average Bonchev–Trinajstić information content (AvgIpc) is 3.97. The van der Waals surface area contributed by atoms with Gasteiger partial charge in [-0.1, -0.05) is 114 Å². The number of alkyl halides is 3. The van der Waals surface area contributed by atoms with Crippen LogP contribution < -0.4 is 4.74 Å². The first kappa shape index (κ1) is 33.3. The van der Waals surface area contributed by atoms with Gasteiger partial charge < -0.3 is 9.26 Å². The smallest absolute Gasteiger partial charge is 0.417 e. The molecular formula is C40H29F3N8O2. The summed E-state index contributed by atoms with van der Waals surface area (Å²) in [4.78, 5) is 13.2. The van der Waals surface area contributed by atoms with E-state index in [0.717, 1.165) is 34.5 Å². The molecule has 4 aromatic carbocycles. The SMILES string of the molecule is Cn1ncc(-c2nc(-c3cccc(-c4ncn(C(c5ccccc5)(c5ccccc5)c5ccccc5)n4)c3)no2)c1COc1ccc(C(F)(F)F)cn1. The van der Waals surface area contributed by atoms with Gasteiger partial charge in [-0.05, 0) is 28.8 Å².